The van der Waals surface area contributed by atoms with E-state index >= 15 is 0 Å². The van der Waals surface area contributed by atoms with Crippen molar-refractivity contribution in [2.75, 3.05) is 38.6 Å². The number of morpholine rings is 1. The van der Waals surface area contributed by atoms with Crippen molar-refractivity contribution in [2.24, 2.45) is 0 Å². The zero-order valence-corrected chi connectivity index (χ0v) is 20.5. The average molecular weight is 492 g/mol. The molecule has 0 radical (unpaired) electrons. The number of aromatic nitrogens is 2. The summed E-state index contributed by atoms with van der Waals surface area (Å²) in [6, 6.07) is 15.4. The standard InChI is InChI=1S/C27H30ClN5O2/c28-22-10-8-20(9-11-22)23-17-30-27(29)31-25(23)24-3-1-2-12-33(24)26(34)21-6-4-19(5-7-21)18-32-13-15-35-16-14-32/h4-11,17,24H,1-3,12-16,18H2,(H2,29,30,31)/t24-/m1/s1. The molecule has 35 heavy (non-hydrogen) atoms. The molecule has 1 amide bonds. The number of carbonyl (C=O) groups is 1. The second kappa shape index (κ2) is 10.7. The van der Waals surface area contributed by atoms with Crippen LogP contribution in [-0.4, -0.2) is 58.5 Å². The van der Waals surface area contributed by atoms with Crippen LogP contribution in [0.3, 0.4) is 0 Å². The number of piperidine rings is 1. The van der Waals surface area contributed by atoms with Crippen molar-refractivity contribution in [2.45, 2.75) is 31.8 Å². The predicted molar refractivity (Wildman–Crippen MR) is 137 cm³/mol. The van der Waals surface area contributed by atoms with Gasteiger partial charge in [0.1, 0.15) is 0 Å². The molecular formula is C27H30ClN5O2. The largest absolute Gasteiger partial charge is 0.379 e. The number of hydrogen-bond acceptors (Lipinski definition) is 6. The van der Waals surface area contributed by atoms with Crippen molar-refractivity contribution in [3.05, 3.63) is 76.6 Å². The molecule has 182 valence electrons. The normalized spacial score (nSPS) is 19.0. The molecule has 2 aliphatic rings. The first kappa shape index (κ1) is 23.7. The highest BCUT2D eigenvalue weighted by Crippen LogP contribution is 2.37. The van der Waals surface area contributed by atoms with Gasteiger partial charge in [-0.15, -0.1) is 0 Å². The second-order valence-corrected chi connectivity index (χ2v) is 9.57. The molecule has 7 nitrogen and oxygen atoms in total. The van der Waals surface area contributed by atoms with Gasteiger partial charge in [0.2, 0.25) is 5.95 Å². The number of carbonyl (C=O) groups excluding carboxylic acids is 1. The van der Waals surface area contributed by atoms with E-state index in [1.807, 2.05) is 41.3 Å². The summed E-state index contributed by atoms with van der Waals surface area (Å²) in [5.41, 5.74) is 10.5. The van der Waals surface area contributed by atoms with Gasteiger partial charge >= 0.3 is 0 Å². The Hall–Kier alpha value is -3.00. The van der Waals surface area contributed by atoms with Gasteiger partial charge in [-0.25, -0.2) is 9.97 Å². The molecule has 3 heterocycles. The number of rotatable bonds is 5. The molecular weight excluding hydrogens is 462 g/mol. The molecule has 0 spiro atoms. The summed E-state index contributed by atoms with van der Waals surface area (Å²) >= 11 is 6.10. The fourth-order valence-electron chi connectivity index (χ4n) is 4.91. The quantitative estimate of drug-likeness (QED) is 0.562. The van der Waals surface area contributed by atoms with Crippen LogP contribution in [0.25, 0.3) is 11.1 Å². The maximum atomic E-state index is 13.7. The van der Waals surface area contributed by atoms with Gasteiger partial charge in [-0.3, -0.25) is 9.69 Å². The number of amides is 1. The maximum absolute atomic E-state index is 13.7. The minimum absolute atomic E-state index is 0.0202. The Labute approximate surface area is 210 Å². The zero-order valence-electron chi connectivity index (χ0n) is 19.7. The molecule has 2 N–H and O–H groups in total. The molecule has 5 rings (SSSR count). The van der Waals surface area contributed by atoms with Crippen LogP contribution in [0.15, 0.2) is 54.7 Å². The molecule has 1 aromatic heterocycles. The van der Waals surface area contributed by atoms with Gasteiger partial charge in [0.05, 0.1) is 24.9 Å². The van der Waals surface area contributed by atoms with E-state index in [4.69, 9.17) is 22.1 Å². The SMILES string of the molecule is Nc1ncc(-c2ccc(Cl)cc2)c([C@H]2CCCCN2C(=O)c2ccc(CN3CCOCC3)cc2)n1. The summed E-state index contributed by atoms with van der Waals surface area (Å²) in [5, 5.41) is 0.665. The van der Waals surface area contributed by atoms with Crippen molar-refractivity contribution in [1.29, 1.82) is 0 Å². The van der Waals surface area contributed by atoms with Gasteiger partial charge in [0.15, 0.2) is 0 Å². The number of likely N-dealkylation sites (tertiary alicyclic amines) is 1. The molecule has 8 heteroatoms. The third-order valence-corrected chi connectivity index (χ3v) is 7.03. The zero-order chi connectivity index (χ0) is 24.2. The Morgan fingerprint density at radius 2 is 1.77 bits per heavy atom. The van der Waals surface area contributed by atoms with Crippen LogP contribution in [0.1, 0.15) is 46.9 Å². The van der Waals surface area contributed by atoms with E-state index < -0.39 is 0 Å². The van der Waals surface area contributed by atoms with Gasteiger partial charge in [0.25, 0.3) is 5.91 Å². The molecule has 1 atom stereocenters. The van der Waals surface area contributed by atoms with Crippen LogP contribution in [0.4, 0.5) is 5.95 Å². The fourth-order valence-corrected chi connectivity index (χ4v) is 5.04. The highest BCUT2D eigenvalue weighted by atomic mass is 35.5. The highest BCUT2D eigenvalue weighted by molar-refractivity contribution is 6.30. The Morgan fingerprint density at radius 3 is 2.51 bits per heavy atom. The summed E-state index contributed by atoms with van der Waals surface area (Å²) < 4.78 is 5.44. The topological polar surface area (TPSA) is 84.6 Å². The highest BCUT2D eigenvalue weighted by Gasteiger charge is 2.32. The number of nitrogen functional groups attached to an aromatic ring is 1. The van der Waals surface area contributed by atoms with Crippen LogP contribution in [0.5, 0.6) is 0 Å². The van der Waals surface area contributed by atoms with Crippen molar-refractivity contribution in [3.63, 3.8) is 0 Å². The summed E-state index contributed by atoms with van der Waals surface area (Å²) in [5.74, 6) is 0.231. The molecule has 2 aromatic carbocycles. The maximum Gasteiger partial charge on any atom is 0.254 e. The van der Waals surface area contributed by atoms with Crippen molar-refractivity contribution in [1.82, 2.24) is 19.8 Å². The van der Waals surface area contributed by atoms with E-state index in [0.717, 1.165) is 68.9 Å². The van der Waals surface area contributed by atoms with Crippen molar-refractivity contribution >= 4 is 23.5 Å². The summed E-state index contributed by atoms with van der Waals surface area (Å²) in [7, 11) is 0. The molecule has 0 aliphatic carbocycles. The van der Waals surface area contributed by atoms with Crippen LogP contribution >= 0.6 is 11.6 Å². The fraction of sp³-hybridized carbons (Fsp3) is 0.370. The lowest BCUT2D eigenvalue weighted by Gasteiger charge is -2.36. The average Bonchev–Trinajstić information content (AvgIpc) is 2.90. The molecule has 2 saturated heterocycles. The number of ether oxygens (including phenoxy) is 1. The first-order chi connectivity index (χ1) is 17.1. The number of nitrogens with zero attached hydrogens (tertiary/aromatic N) is 4. The number of nitrogens with two attached hydrogens (primary N) is 1. The van der Waals surface area contributed by atoms with Crippen LogP contribution in [0.2, 0.25) is 5.02 Å². The first-order valence-electron chi connectivity index (χ1n) is 12.2. The molecule has 0 saturated carbocycles. The molecule has 0 unspecified atom stereocenters. The first-order valence-corrected chi connectivity index (χ1v) is 12.5. The second-order valence-electron chi connectivity index (χ2n) is 9.13. The molecule has 2 fully saturated rings. The lowest BCUT2D eigenvalue weighted by atomic mass is 9.93. The van der Waals surface area contributed by atoms with Crippen LogP contribution in [-0.2, 0) is 11.3 Å². The van der Waals surface area contributed by atoms with Gasteiger partial charge in [-0.2, -0.15) is 0 Å². The molecule has 2 aliphatic heterocycles. The number of hydrogen-bond donors (Lipinski definition) is 1. The third kappa shape index (κ3) is 5.48. The van der Waals surface area contributed by atoms with Gasteiger partial charge in [0, 0.05) is 48.5 Å². The minimum Gasteiger partial charge on any atom is -0.379 e. The van der Waals surface area contributed by atoms with E-state index in [1.165, 1.54) is 5.56 Å². The predicted octanol–water partition coefficient (Wildman–Crippen LogP) is 4.58. The third-order valence-electron chi connectivity index (χ3n) is 6.78. The summed E-state index contributed by atoms with van der Waals surface area (Å²) in [6.07, 6.45) is 4.57. The number of halogens is 1. The van der Waals surface area contributed by atoms with Gasteiger partial charge in [-0.1, -0.05) is 35.9 Å². The van der Waals surface area contributed by atoms with E-state index in [9.17, 15) is 4.79 Å². The van der Waals surface area contributed by atoms with E-state index in [0.29, 0.717) is 17.1 Å². The Kier molecular flexibility index (Phi) is 7.27. The number of anilines is 1. The Bertz CT molecular complexity index is 1160. The van der Waals surface area contributed by atoms with E-state index in [2.05, 4.69) is 27.0 Å². The molecule has 0 bridgehead atoms. The van der Waals surface area contributed by atoms with Crippen LogP contribution < -0.4 is 5.73 Å². The smallest absolute Gasteiger partial charge is 0.254 e. The van der Waals surface area contributed by atoms with Crippen molar-refractivity contribution in [3.8, 4) is 11.1 Å². The van der Waals surface area contributed by atoms with Crippen molar-refractivity contribution < 1.29 is 9.53 Å². The van der Waals surface area contributed by atoms with Gasteiger partial charge < -0.3 is 15.4 Å². The number of benzene rings is 2. The van der Waals surface area contributed by atoms with Crippen LogP contribution in [0, 0.1) is 0 Å². The van der Waals surface area contributed by atoms with Gasteiger partial charge in [-0.05, 0) is 54.7 Å². The lowest BCUT2D eigenvalue weighted by Crippen LogP contribution is -2.39. The minimum atomic E-state index is -0.166. The monoisotopic (exact) mass is 491 g/mol. The Morgan fingerprint density at radius 1 is 1.03 bits per heavy atom. The summed E-state index contributed by atoms with van der Waals surface area (Å²) in [4.78, 5) is 26.9. The lowest BCUT2D eigenvalue weighted by molar-refractivity contribution is 0.0342. The summed E-state index contributed by atoms with van der Waals surface area (Å²) in [6.45, 7) is 4.98. The molecule has 3 aromatic rings. The Balaban J connectivity index is 1.40. The van der Waals surface area contributed by atoms with E-state index in [1.54, 1.807) is 6.20 Å². The van der Waals surface area contributed by atoms with E-state index in [-0.39, 0.29) is 17.9 Å².